The molecule has 0 spiro atoms. The summed E-state index contributed by atoms with van der Waals surface area (Å²) in [5.74, 6) is 0.861. The number of rotatable bonds is 5. The number of ether oxygens (including phenoxy) is 1. The van der Waals surface area contributed by atoms with Crippen LogP contribution in [0.4, 0.5) is 10.5 Å². The van der Waals surface area contributed by atoms with Gasteiger partial charge in [-0.25, -0.2) is 4.79 Å². The third kappa shape index (κ3) is 4.66. The number of benzene rings is 1. The van der Waals surface area contributed by atoms with E-state index in [0.29, 0.717) is 0 Å². The normalized spacial score (nSPS) is 15.8. The number of urea groups is 1. The smallest absolute Gasteiger partial charge is 0.317 e. The topological polar surface area (TPSA) is 44.8 Å². The molecule has 5 nitrogen and oxygen atoms in total. The second kappa shape index (κ2) is 8.25. The van der Waals surface area contributed by atoms with Gasteiger partial charge in [-0.05, 0) is 47.9 Å². The van der Waals surface area contributed by atoms with Gasteiger partial charge in [0.15, 0.2) is 0 Å². The van der Waals surface area contributed by atoms with E-state index >= 15 is 0 Å². The molecule has 1 aliphatic heterocycles. The number of methoxy groups -OCH3 is 1. The number of hydrogen-bond donors (Lipinski definition) is 1. The van der Waals surface area contributed by atoms with Crippen molar-refractivity contribution in [2.75, 3.05) is 38.2 Å². The molecule has 1 aromatic heterocycles. The lowest BCUT2D eigenvalue weighted by atomic mass is 10.1. The lowest BCUT2D eigenvalue weighted by molar-refractivity contribution is 0.191. The van der Waals surface area contributed by atoms with Crippen LogP contribution in [0.1, 0.15) is 12.5 Å². The minimum atomic E-state index is 0.0352. The third-order valence-electron chi connectivity index (χ3n) is 4.48. The number of amides is 2. The summed E-state index contributed by atoms with van der Waals surface area (Å²) in [6.07, 6.45) is 0.874. The Bertz CT molecular complexity index is 682. The standard InChI is InChI=1S/C19H25N3O2S/c1-15(12-16-6-11-25-14-16)20-19(23)22-9-7-21(8-10-22)17-4-3-5-18(13-17)24-2/h3-6,11,13-15H,7-10,12H2,1-2H3,(H,20,23). The first-order chi connectivity index (χ1) is 12.2. The molecule has 3 rings (SSSR count). The summed E-state index contributed by atoms with van der Waals surface area (Å²) < 4.78 is 5.29. The van der Waals surface area contributed by atoms with Crippen LogP contribution in [0.25, 0.3) is 0 Å². The number of hydrogen-bond acceptors (Lipinski definition) is 4. The van der Waals surface area contributed by atoms with Crippen LogP contribution in [0, 0.1) is 0 Å². The van der Waals surface area contributed by atoms with Crippen molar-refractivity contribution in [1.29, 1.82) is 0 Å². The Balaban J connectivity index is 1.48. The van der Waals surface area contributed by atoms with Gasteiger partial charge in [0.2, 0.25) is 0 Å². The zero-order valence-electron chi connectivity index (χ0n) is 14.8. The number of nitrogens with zero attached hydrogens (tertiary/aromatic N) is 2. The Morgan fingerprint density at radius 1 is 1.28 bits per heavy atom. The highest BCUT2D eigenvalue weighted by molar-refractivity contribution is 7.07. The average Bonchev–Trinajstić information content (AvgIpc) is 3.14. The molecule has 1 atom stereocenters. The summed E-state index contributed by atoms with van der Waals surface area (Å²) in [6, 6.07) is 10.4. The summed E-state index contributed by atoms with van der Waals surface area (Å²) in [6.45, 7) is 5.18. The molecule has 1 aromatic carbocycles. The van der Waals surface area contributed by atoms with E-state index in [9.17, 15) is 4.79 Å². The molecular formula is C19H25N3O2S. The van der Waals surface area contributed by atoms with Crippen molar-refractivity contribution in [2.45, 2.75) is 19.4 Å². The molecule has 25 heavy (non-hydrogen) atoms. The van der Waals surface area contributed by atoms with E-state index in [1.807, 2.05) is 23.1 Å². The Morgan fingerprint density at radius 3 is 2.76 bits per heavy atom. The van der Waals surface area contributed by atoms with Crippen LogP contribution in [0.3, 0.4) is 0 Å². The molecule has 2 amide bonds. The molecule has 1 unspecified atom stereocenters. The van der Waals surface area contributed by atoms with E-state index in [-0.39, 0.29) is 12.1 Å². The SMILES string of the molecule is COc1cccc(N2CCN(C(=O)NC(C)Cc3ccsc3)CC2)c1. The molecule has 2 heterocycles. The van der Waals surface area contributed by atoms with Gasteiger partial charge in [0, 0.05) is 44.0 Å². The summed E-state index contributed by atoms with van der Waals surface area (Å²) in [5, 5.41) is 7.32. The molecule has 6 heteroatoms. The molecule has 1 saturated heterocycles. The van der Waals surface area contributed by atoms with E-state index in [4.69, 9.17) is 4.74 Å². The van der Waals surface area contributed by atoms with E-state index < -0.39 is 0 Å². The van der Waals surface area contributed by atoms with Gasteiger partial charge in [-0.1, -0.05) is 6.07 Å². The lowest BCUT2D eigenvalue weighted by Crippen LogP contribution is -2.53. The average molecular weight is 359 g/mol. The molecular weight excluding hydrogens is 334 g/mol. The second-order valence-corrected chi connectivity index (χ2v) is 7.14. The summed E-state index contributed by atoms with van der Waals surface area (Å²) in [4.78, 5) is 16.7. The molecule has 0 bridgehead atoms. The first-order valence-electron chi connectivity index (χ1n) is 8.61. The van der Waals surface area contributed by atoms with E-state index in [2.05, 4.69) is 40.0 Å². The van der Waals surface area contributed by atoms with E-state index in [0.717, 1.165) is 44.0 Å². The minimum Gasteiger partial charge on any atom is -0.497 e. The van der Waals surface area contributed by atoms with Crippen molar-refractivity contribution in [2.24, 2.45) is 0 Å². The van der Waals surface area contributed by atoms with Gasteiger partial charge in [-0.15, -0.1) is 0 Å². The Kier molecular flexibility index (Phi) is 5.81. The maximum Gasteiger partial charge on any atom is 0.317 e. The number of carbonyl (C=O) groups excluding carboxylic acids is 1. The fourth-order valence-electron chi connectivity index (χ4n) is 3.09. The molecule has 0 saturated carbocycles. The van der Waals surface area contributed by atoms with Crippen molar-refractivity contribution >= 4 is 23.1 Å². The molecule has 1 aliphatic rings. The van der Waals surface area contributed by atoms with Crippen molar-refractivity contribution in [1.82, 2.24) is 10.2 Å². The van der Waals surface area contributed by atoms with Gasteiger partial charge in [0.25, 0.3) is 0 Å². The Morgan fingerprint density at radius 2 is 2.08 bits per heavy atom. The summed E-state index contributed by atoms with van der Waals surface area (Å²) in [7, 11) is 1.68. The van der Waals surface area contributed by atoms with Crippen LogP contribution in [0.15, 0.2) is 41.1 Å². The van der Waals surface area contributed by atoms with Gasteiger partial charge in [-0.3, -0.25) is 0 Å². The lowest BCUT2D eigenvalue weighted by Gasteiger charge is -2.36. The highest BCUT2D eigenvalue weighted by atomic mass is 32.1. The predicted octanol–water partition coefficient (Wildman–Crippen LogP) is 3.22. The van der Waals surface area contributed by atoms with Gasteiger partial charge in [0.1, 0.15) is 5.75 Å². The van der Waals surface area contributed by atoms with Crippen molar-refractivity contribution in [3.63, 3.8) is 0 Å². The van der Waals surface area contributed by atoms with Gasteiger partial charge in [0.05, 0.1) is 7.11 Å². The quantitative estimate of drug-likeness (QED) is 0.891. The third-order valence-corrected chi connectivity index (χ3v) is 5.21. The van der Waals surface area contributed by atoms with Gasteiger partial charge < -0.3 is 19.9 Å². The second-order valence-electron chi connectivity index (χ2n) is 6.36. The van der Waals surface area contributed by atoms with E-state index in [1.54, 1.807) is 18.4 Å². The molecule has 134 valence electrons. The maximum atomic E-state index is 12.5. The minimum absolute atomic E-state index is 0.0352. The number of thiophene rings is 1. The number of nitrogens with one attached hydrogen (secondary N) is 1. The monoisotopic (exact) mass is 359 g/mol. The molecule has 1 N–H and O–H groups in total. The summed E-state index contributed by atoms with van der Waals surface area (Å²) in [5.41, 5.74) is 2.42. The van der Waals surface area contributed by atoms with Crippen LogP contribution in [-0.4, -0.2) is 50.3 Å². The van der Waals surface area contributed by atoms with Crippen LogP contribution in [0.2, 0.25) is 0 Å². The first-order valence-corrected chi connectivity index (χ1v) is 9.55. The molecule has 0 aliphatic carbocycles. The Labute approximate surface area is 153 Å². The maximum absolute atomic E-state index is 12.5. The van der Waals surface area contributed by atoms with Gasteiger partial charge in [-0.2, -0.15) is 11.3 Å². The largest absolute Gasteiger partial charge is 0.497 e. The predicted molar refractivity (Wildman–Crippen MR) is 103 cm³/mol. The fourth-order valence-corrected chi connectivity index (χ4v) is 3.77. The van der Waals surface area contributed by atoms with E-state index in [1.165, 1.54) is 5.56 Å². The molecule has 0 radical (unpaired) electrons. The van der Waals surface area contributed by atoms with Crippen LogP contribution in [-0.2, 0) is 6.42 Å². The molecule has 2 aromatic rings. The molecule has 1 fully saturated rings. The summed E-state index contributed by atoms with van der Waals surface area (Å²) >= 11 is 1.69. The number of piperazine rings is 1. The first kappa shape index (κ1) is 17.6. The number of carbonyl (C=O) groups is 1. The van der Waals surface area contributed by atoms with Crippen LogP contribution >= 0.6 is 11.3 Å². The van der Waals surface area contributed by atoms with Crippen molar-refractivity contribution < 1.29 is 9.53 Å². The van der Waals surface area contributed by atoms with Crippen LogP contribution in [0.5, 0.6) is 5.75 Å². The fraction of sp³-hybridized carbons (Fsp3) is 0.421. The van der Waals surface area contributed by atoms with Crippen LogP contribution < -0.4 is 15.0 Å². The number of anilines is 1. The Hall–Kier alpha value is -2.21. The highest BCUT2D eigenvalue weighted by Crippen LogP contribution is 2.22. The highest BCUT2D eigenvalue weighted by Gasteiger charge is 2.22. The van der Waals surface area contributed by atoms with Crippen molar-refractivity contribution in [3.8, 4) is 5.75 Å². The van der Waals surface area contributed by atoms with Crippen molar-refractivity contribution in [3.05, 3.63) is 46.7 Å². The van der Waals surface area contributed by atoms with Gasteiger partial charge >= 0.3 is 6.03 Å². The zero-order valence-corrected chi connectivity index (χ0v) is 15.6. The zero-order chi connectivity index (χ0) is 17.6.